The van der Waals surface area contributed by atoms with E-state index in [0.717, 1.165) is 12.8 Å². The van der Waals surface area contributed by atoms with E-state index < -0.39 is 5.97 Å². The first kappa shape index (κ1) is 20.2. The average Bonchev–Trinajstić information content (AvgIpc) is 2.59. The number of carbonyl (C=O) groups is 2. The first-order valence-electron chi connectivity index (χ1n) is 8.95. The highest BCUT2D eigenvalue weighted by Gasteiger charge is 2.11. The van der Waals surface area contributed by atoms with Crippen molar-refractivity contribution in [2.45, 2.75) is 65.2 Å². The molecule has 0 amide bonds. The van der Waals surface area contributed by atoms with Crippen LogP contribution in [0.2, 0.25) is 0 Å². The first-order chi connectivity index (χ1) is 11.6. The Labute approximate surface area is 145 Å². The molecule has 4 heteroatoms. The maximum absolute atomic E-state index is 11.7. The molecule has 0 spiro atoms. The van der Waals surface area contributed by atoms with E-state index in [1.807, 2.05) is 0 Å². The van der Waals surface area contributed by atoms with Crippen LogP contribution in [0.15, 0.2) is 18.2 Å². The zero-order chi connectivity index (χ0) is 17.8. The number of ether oxygens (including phenoxy) is 2. The molecule has 0 saturated carbocycles. The van der Waals surface area contributed by atoms with E-state index in [4.69, 9.17) is 9.47 Å². The van der Waals surface area contributed by atoms with Crippen LogP contribution in [-0.2, 0) is 4.74 Å². The molecular formula is C20H30O4. The van der Waals surface area contributed by atoms with Gasteiger partial charge in [-0.3, -0.25) is 4.79 Å². The van der Waals surface area contributed by atoms with Crippen molar-refractivity contribution in [1.82, 2.24) is 0 Å². The van der Waals surface area contributed by atoms with E-state index >= 15 is 0 Å². The summed E-state index contributed by atoms with van der Waals surface area (Å²) in [6.45, 7) is 4.29. The molecule has 0 aliphatic carbocycles. The molecule has 0 aromatic heterocycles. The van der Waals surface area contributed by atoms with Crippen LogP contribution < -0.4 is 4.74 Å². The Morgan fingerprint density at radius 2 is 1.46 bits per heavy atom. The summed E-state index contributed by atoms with van der Waals surface area (Å²) in [5, 5.41) is 0. The molecule has 0 atom stereocenters. The summed E-state index contributed by atoms with van der Waals surface area (Å²) in [4.78, 5) is 23.3. The van der Waals surface area contributed by atoms with Crippen molar-refractivity contribution in [3.8, 4) is 5.75 Å². The molecule has 0 unspecified atom stereocenters. The van der Waals surface area contributed by atoms with E-state index in [2.05, 4.69) is 6.92 Å². The van der Waals surface area contributed by atoms with Gasteiger partial charge in [-0.15, -0.1) is 0 Å². The lowest BCUT2D eigenvalue weighted by atomic mass is 10.1. The molecule has 4 nitrogen and oxygen atoms in total. The third-order valence-electron chi connectivity index (χ3n) is 4.00. The molecule has 0 saturated heterocycles. The Balaban J connectivity index is 2.40. The van der Waals surface area contributed by atoms with Crippen LogP contribution in [0, 0.1) is 0 Å². The fraction of sp³-hybridized carbons (Fsp3) is 0.600. The zero-order valence-electron chi connectivity index (χ0n) is 15.2. The van der Waals surface area contributed by atoms with Gasteiger partial charge in [0.25, 0.3) is 0 Å². The molecular weight excluding hydrogens is 304 g/mol. The quantitative estimate of drug-likeness (QED) is 0.300. The molecule has 0 heterocycles. The molecule has 0 aliphatic heterocycles. The molecule has 134 valence electrons. The molecule has 1 aromatic rings. The first-order valence-corrected chi connectivity index (χ1v) is 8.95. The number of carbonyl (C=O) groups excluding carboxylic acids is 2. The summed E-state index contributed by atoms with van der Waals surface area (Å²) < 4.78 is 10.4. The number of hydrogen-bond acceptors (Lipinski definition) is 4. The second-order valence-electron chi connectivity index (χ2n) is 6.12. The van der Waals surface area contributed by atoms with Crippen LogP contribution in [0.1, 0.15) is 85.9 Å². The van der Waals surface area contributed by atoms with Crippen molar-refractivity contribution in [2.24, 2.45) is 0 Å². The Morgan fingerprint density at radius 1 is 0.875 bits per heavy atom. The van der Waals surface area contributed by atoms with E-state index in [-0.39, 0.29) is 5.78 Å². The van der Waals surface area contributed by atoms with Gasteiger partial charge in [0, 0.05) is 5.56 Å². The van der Waals surface area contributed by atoms with Crippen LogP contribution >= 0.6 is 0 Å². The zero-order valence-corrected chi connectivity index (χ0v) is 15.2. The van der Waals surface area contributed by atoms with Gasteiger partial charge in [0.05, 0.1) is 19.3 Å². The monoisotopic (exact) mass is 334 g/mol. The minimum atomic E-state index is -0.463. The number of ketones is 1. The summed E-state index contributed by atoms with van der Waals surface area (Å²) in [7, 11) is 1.32. The van der Waals surface area contributed by atoms with Gasteiger partial charge in [-0.25, -0.2) is 4.79 Å². The Morgan fingerprint density at radius 3 is 2.04 bits per heavy atom. The SMILES string of the molecule is CCCCCCCCCCOc1cc(C(C)=O)cc(C(=O)OC)c1. The van der Waals surface area contributed by atoms with E-state index in [0.29, 0.717) is 23.5 Å². The van der Waals surface area contributed by atoms with Crippen LogP contribution in [0.5, 0.6) is 5.75 Å². The fourth-order valence-corrected chi connectivity index (χ4v) is 2.55. The largest absolute Gasteiger partial charge is 0.494 e. The van der Waals surface area contributed by atoms with Gasteiger partial charge in [0.2, 0.25) is 0 Å². The van der Waals surface area contributed by atoms with Gasteiger partial charge in [-0.2, -0.15) is 0 Å². The predicted molar refractivity (Wildman–Crippen MR) is 95.9 cm³/mol. The van der Waals surface area contributed by atoms with Gasteiger partial charge in [0.15, 0.2) is 5.78 Å². The predicted octanol–water partition coefficient (Wildman–Crippen LogP) is 5.20. The lowest BCUT2D eigenvalue weighted by Gasteiger charge is -2.09. The summed E-state index contributed by atoms with van der Waals surface area (Å²) >= 11 is 0. The number of Topliss-reactive ketones (excluding diaryl/α,β-unsaturated/α-hetero) is 1. The number of esters is 1. The van der Waals surface area contributed by atoms with Gasteiger partial charge in [-0.1, -0.05) is 51.9 Å². The van der Waals surface area contributed by atoms with E-state index in [1.165, 1.54) is 58.6 Å². The summed E-state index contributed by atoms with van der Waals surface area (Å²) in [5.41, 5.74) is 0.806. The van der Waals surface area contributed by atoms with Crippen molar-refractivity contribution < 1.29 is 19.1 Å². The van der Waals surface area contributed by atoms with Crippen molar-refractivity contribution >= 4 is 11.8 Å². The van der Waals surface area contributed by atoms with Crippen LogP contribution in [-0.4, -0.2) is 25.5 Å². The minimum Gasteiger partial charge on any atom is -0.494 e. The van der Waals surface area contributed by atoms with E-state index in [9.17, 15) is 9.59 Å². The molecule has 0 bridgehead atoms. The summed E-state index contributed by atoms with van der Waals surface area (Å²) in [5.74, 6) is -0.0150. The molecule has 0 radical (unpaired) electrons. The summed E-state index contributed by atoms with van der Waals surface area (Å²) in [6, 6.07) is 4.85. The number of rotatable bonds is 12. The maximum atomic E-state index is 11.7. The van der Waals surface area contributed by atoms with Crippen molar-refractivity contribution in [3.05, 3.63) is 29.3 Å². The molecule has 1 rings (SSSR count). The Bertz CT molecular complexity index is 522. The molecule has 0 N–H and O–H groups in total. The van der Waals surface area contributed by atoms with Gasteiger partial charge in [-0.05, 0) is 31.5 Å². The molecule has 1 aromatic carbocycles. The van der Waals surface area contributed by atoms with Gasteiger partial charge < -0.3 is 9.47 Å². The highest BCUT2D eigenvalue weighted by Crippen LogP contribution is 2.19. The highest BCUT2D eigenvalue weighted by molar-refractivity contribution is 5.98. The average molecular weight is 334 g/mol. The van der Waals surface area contributed by atoms with Gasteiger partial charge >= 0.3 is 5.97 Å². The lowest BCUT2D eigenvalue weighted by Crippen LogP contribution is -2.06. The van der Waals surface area contributed by atoms with Crippen molar-refractivity contribution in [1.29, 1.82) is 0 Å². The molecule has 24 heavy (non-hydrogen) atoms. The normalized spacial score (nSPS) is 10.5. The van der Waals surface area contributed by atoms with E-state index in [1.54, 1.807) is 12.1 Å². The minimum absolute atomic E-state index is 0.0994. The standard InChI is InChI=1S/C20H30O4/c1-4-5-6-7-8-9-10-11-12-24-19-14-17(16(2)21)13-18(15-19)20(22)23-3/h13-15H,4-12H2,1-3H3. The van der Waals surface area contributed by atoms with Crippen LogP contribution in [0.3, 0.4) is 0 Å². The van der Waals surface area contributed by atoms with Crippen LogP contribution in [0.25, 0.3) is 0 Å². The van der Waals surface area contributed by atoms with Crippen molar-refractivity contribution in [2.75, 3.05) is 13.7 Å². The number of hydrogen-bond donors (Lipinski definition) is 0. The van der Waals surface area contributed by atoms with Crippen molar-refractivity contribution in [3.63, 3.8) is 0 Å². The number of benzene rings is 1. The molecule has 0 fully saturated rings. The Hall–Kier alpha value is -1.84. The third kappa shape index (κ3) is 7.62. The fourth-order valence-electron chi connectivity index (χ4n) is 2.55. The number of unbranched alkanes of at least 4 members (excludes halogenated alkanes) is 7. The second kappa shape index (κ2) is 11.7. The summed E-state index contributed by atoms with van der Waals surface area (Å²) in [6.07, 6.45) is 9.89. The Kier molecular flexibility index (Phi) is 9.81. The van der Waals surface area contributed by atoms with Gasteiger partial charge in [0.1, 0.15) is 5.75 Å². The smallest absolute Gasteiger partial charge is 0.338 e. The topological polar surface area (TPSA) is 52.6 Å². The number of methoxy groups -OCH3 is 1. The second-order valence-corrected chi connectivity index (χ2v) is 6.12. The highest BCUT2D eigenvalue weighted by atomic mass is 16.5. The third-order valence-corrected chi connectivity index (χ3v) is 4.00. The lowest BCUT2D eigenvalue weighted by molar-refractivity contribution is 0.0600. The van der Waals surface area contributed by atoms with Crippen LogP contribution in [0.4, 0.5) is 0 Å². The molecule has 0 aliphatic rings. The maximum Gasteiger partial charge on any atom is 0.338 e.